The number of aromatic nitrogens is 5. The largest absolute Gasteiger partial charge is 0.418 e. The van der Waals surface area contributed by atoms with Gasteiger partial charge < -0.3 is 19.9 Å². The van der Waals surface area contributed by atoms with E-state index in [9.17, 15) is 22.8 Å². The van der Waals surface area contributed by atoms with Crippen molar-refractivity contribution < 1.29 is 22.7 Å². The highest BCUT2D eigenvalue weighted by atomic mass is 19.4. The summed E-state index contributed by atoms with van der Waals surface area (Å²) in [5.41, 5.74) is -2.10. The average molecular weight is 518 g/mol. The maximum Gasteiger partial charge on any atom is 0.418 e. The first-order valence-corrected chi connectivity index (χ1v) is 12.1. The summed E-state index contributed by atoms with van der Waals surface area (Å²) in [5.74, 6) is -0.000978. The van der Waals surface area contributed by atoms with Gasteiger partial charge >= 0.3 is 6.18 Å². The third-order valence-corrected chi connectivity index (χ3v) is 6.43. The molecule has 13 heteroatoms. The lowest BCUT2D eigenvalue weighted by Gasteiger charge is -2.32. The van der Waals surface area contributed by atoms with Crippen molar-refractivity contribution in [2.75, 3.05) is 18.4 Å². The molecule has 0 bridgehead atoms. The summed E-state index contributed by atoms with van der Waals surface area (Å²) in [7, 11) is 0. The lowest BCUT2D eigenvalue weighted by Crippen LogP contribution is -2.41. The zero-order valence-electron chi connectivity index (χ0n) is 20.3. The van der Waals surface area contributed by atoms with Crippen LogP contribution in [0.15, 0.2) is 23.3 Å². The zero-order valence-corrected chi connectivity index (χ0v) is 20.3. The molecule has 1 aliphatic carbocycles. The Kier molecular flexibility index (Phi) is 6.56. The number of anilines is 1. The number of nitrogens with one attached hydrogen (secondary N) is 2. The van der Waals surface area contributed by atoms with Crippen molar-refractivity contribution in [2.24, 2.45) is 0 Å². The molecule has 1 amide bonds. The number of aromatic amines is 1. The van der Waals surface area contributed by atoms with E-state index in [0.717, 1.165) is 31.7 Å². The Balaban J connectivity index is 1.30. The maximum absolute atomic E-state index is 13.8. The van der Waals surface area contributed by atoms with E-state index in [1.807, 2.05) is 0 Å². The summed E-state index contributed by atoms with van der Waals surface area (Å²) in [4.78, 5) is 45.5. The Morgan fingerprint density at radius 2 is 1.78 bits per heavy atom. The van der Waals surface area contributed by atoms with Crippen LogP contribution in [-0.4, -0.2) is 61.0 Å². The number of alkyl halides is 3. The quantitative estimate of drug-likeness (QED) is 0.510. The predicted octanol–water partition coefficient (Wildman–Crippen LogP) is 3.39. The van der Waals surface area contributed by atoms with Crippen LogP contribution in [0.4, 0.5) is 19.1 Å². The number of likely N-dealkylation sites (tertiary alicyclic amines) is 1. The predicted molar refractivity (Wildman–Crippen MR) is 127 cm³/mol. The fraction of sp³-hybridized carbons (Fsp3) is 0.500. The third kappa shape index (κ3) is 5.55. The molecule has 0 unspecified atom stereocenters. The van der Waals surface area contributed by atoms with Gasteiger partial charge in [-0.15, -0.1) is 0 Å². The van der Waals surface area contributed by atoms with Crippen molar-refractivity contribution in [1.82, 2.24) is 29.8 Å². The second kappa shape index (κ2) is 9.69. The highest BCUT2D eigenvalue weighted by Crippen LogP contribution is 2.35. The Morgan fingerprint density at radius 3 is 2.41 bits per heavy atom. The van der Waals surface area contributed by atoms with Gasteiger partial charge in [0.2, 0.25) is 5.95 Å². The molecule has 10 nitrogen and oxygen atoms in total. The smallest absolute Gasteiger partial charge is 0.375 e. The number of nitrogens with zero attached hydrogens (tertiary/aromatic N) is 5. The Bertz CT molecular complexity index is 1360. The minimum atomic E-state index is -4.72. The van der Waals surface area contributed by atoms with E-state index in [2.05, 4.69) is 30.2 Å². The van der Waals surface area contributed by atoms with Crippen molar-refractivity contribution >= 4 is 22.9 Å². The summed E-state index contributed by atoms with van der Waals surface area (Å²) in [6, 6.07) is -0.187. The van der Waals surface area contributed by atoms with Gasteiger partial charge in [0.15, 0.2) is 5.52 Å². The monoisotopic (exact) mass is 517 g/mol. The SMILES string of the molecule is Cc1nc2cc(C(F)(F)F)c([C@H](C)Nc3ncc(C(=O)N4CCC(OC5CC5)CC4)cn3)nc2c(=O)[nH]1. The van der Waals surface area contributed by atoms with Gasteiger partial charge in [0, 0.05) is 25.5 Å². The number of rotatable bonds is 6. The number of pyridine rings is 1. The highest BCUT2D eigenvalue weighted by molar-refractivity contribution is 5.93. The number of aryl methyl sites for hydroxylation is 1. The molecule has 1 aliphatic heterocycles. The van der Waals surface area contributed by atoms with Crippen molar-refractivity contribution in [3.63, 3.8) is 0 Å². The summed E-state index contributed by atoms with van der Waals surface area (Å²) in [6.07, 6.45) is 2.29. The van der Waals surface area contributed by atoms with Crippen LogP contribution in [-0.2, 0) is 10.9 Å². The zero-order chi connectivity index (χ0) is 26.3. The number of halogens is 3. The molecule has 196 valence electrons. The van der Waals surface area contributed by atoms with Gasteiger partial charge in [-0.3, -0.25) is 9.59 Å². The number of carbonyl (C=O) groups excluding carboxylic acids is 1. The molecule has 2 aliphatic rings. The summed E-state index contributed by atoms with van der Waals surface area (Å²) in [6.45, 7) is 4.09. The molecule has 37 heavy (non-hydrogen) atoms. The Morgan fingerprint density at radius 1 is 1.14 bits per heavy atom. The number of H-pyrrole nitrogens is 1. The fourth-order valence-electron chi connectivity index (χ4n) is 4.39. The molecule has 1 saturated heterocycles. The fourth-order valence-corrected chi connectivity index (χ4v) is 4.39. The van der Waals surface area contributed by atoms with Crippen molar-refractivity contribution in [3.8, 4) is 0 Å². The van der Waals surface area contributed by atoms with E-state index in [4.69, 9.17) is 4.74 Å². The molecule has 0 radical (unpaired) electrons. The van der Waals surface area contributed by atoms with Gasteiger partial charge in [-0.2, -0.15) is 13.2 Å². The third-order valence-electron chi connectivity index (χ3n) is 6.43. The van der Waals surface area contributed by atoms with Crippen molar-refractivity contribution in [1.29, 1.82) is 0 Å². The average Bonchev–Trinajstić information content (AvgIpc) is 3.67. The maximum atomic E-state index is 13.8. The number of fused-ring (bicyclic) bond motifs is 1. The van der Waals surface area contributed by atoms with Crippen molar-refractivity contribution in [3.05, 3.63) is 51.5 Å². The Labute approximate surface area is 209 Å². The number of carbonyl (C=O) groups is 1. The number of hydrogen-bond acceptors (Lipinski definition) is 8. The molecule has 2 fully saturated rings. The first kappa shape index (κ1) is 25.1. The van der Waals surface area contributed by atoms with Crippen LogP contribution in [0.2, 0.25) is 0 Å². The second-order valence-corrected chi connectivity index (χ2v) is 9.43. The van der Waals surface area contributed by atoms with Gasteiger partial charge in [-0.05, 0) is 45.6 Å². The van der Waals surface area contributed by atoms with Crippen LogP contribution in [0.25, 0.3) is 11.0 Å². The molecule has 1 saturated carbocycles. The first-order valence-electron chi connectivity index (χ1n) is 12.1. The number of piperidine rings is 1. The van der Waals surface area contributed by atoms with Gasteiger partial charge in [-0.25, -0.2) is 19.9 Å². The van der Waals surface area contributed by atoms with Crippen LogP contribution in [0.5, 0.6) is 0 Å². The molecule has 0 spiro atoms. The molecule has 0 aromatic carbocycles. The minimum absolute atomic E-state index is 0.0200. The Hall–Kier alpha value is -3.61. The minimum Gasteiger partial charge on any atom is -0.375 e. The van der Waals surface area contributed by atoms with Crippen LogP contribution in [0.1, 0.15) is 66.1 Å². The van der Waals surface area contributed by atoms with Gasteiger partial charge in [0.25, 0.3) is 11.5 Å². The van der Waals surface area contributed by atoms with Crippen LogP contribution < -0.4 is 10.9 Å². The topological polar surface area (TPSA) is 126 Å². The summed E-state index contributed by atoms with van der Waals surface area (Å²) in [5, 5.41) is 2.78. The van der Waals surface area contributed by atoms with Crippen LogP contribution in [0, 0.1) is 6.92 Å². The van der Waals surface area contributed by atoms with Gasteiger partial charge in [0.05, 0.1) is 40.6 Å². The van der Waals surface area contributed by atoms with Crippen LogP contribution in [0.3, 0.4) is 0 Å². The van der Waals surface area contributed by atoms with E-state index in [0.29, 0.717) is 19.2 Å². The van der Waals surface area contributed by atoms with E-state index >= 15 is 0 Å². The second-order valence-electron chi connectivity index (χ2n) is 9.43. The molecule has 1 atom stereocenters. The normalized spacial score (nSPS) is 17.7. The van der Waals surface area contributed by atoms with Gasteiger partial charge in [-0.1, -0.05) is 0 Å². The van der Waals surface area contributed by atoms with Crippen LogP contribution >= 0.6 is 0 Å². The lowest BCUT2D eigenvalue weighted by molar-refractivity contribution is -0.138. The molecular formula is C24H26F3N7O3. The molecule has 3 aromatic heterocycles. The van der Waals surface area contributed by atoms with E-state index in [1.54, 1.807) is 4.90 Å². The van der Waals surface area contributed by atoms with E-state index in [-0.39, 0.29) is 40.4 Å². The lowest BCUT2D eigenvalue weighted by atomic mass is 10.1. The molecule has 2 N–H and O–H groups in total. The summed E-state index contributed by atoms with van der Waals surface area (Å²) < 4.78 is 47.4. The highest BCUT2D eigenvalue weighted by Gasteiger charge is 2.37. The first-order chi connectivity index (χ1) is 17.6. The number of ether oxygens (including phenoxy) is 1. The molecular weight excluding hydrogens is 491 g/mol. The van der Waals surface area contributed by atoms with E-state index in [1.165, 1.54) is 26.2 Å². The number of amides is 1. The molecule has 5 rings (SSSR count). The molecule has 3 aromatic rings. The summed E-state index contributed by atoms with van der Waals surface area (Å²) >= 11 is 0. The molecule has 4 heterocycles. The van der Waals surface area contributed by atoms with Crippen molar-refractivity contribution in [2.45, 2.75) is 64.0 Å². The van der Waals surface area contributed by atoms with Gasteiger partial charge in [0.1, 0.15) is 5.82 Å². The van der Waals surface area contributed by atoms with E-state index < -0.39 is 29.0 Å². The number of hydrogen-bond donors (Lipinski definition) is 2. The standard InChI is InChI=1S/C24H26F3N7O3/c1-12(19-17(24(25,26)27)9-18-20(33-19)21(35)32-13(2)31-18)30-23-28-10-14(11-29-23)22(36)34-7-5-16(6-8-34)37-15-3-4-15/h9-12,15-16H,3-8H2,1-2H3,(H,28,29,30)(H,31,32,35)/t12-/m0/s1.